The van der Waals surface area contributed by atoms with E-state index in [9.17, 15) is 0 Å². The van der Waals surface area contributed by atoms with Crippen molar-refractivity contribution in [2.24, 2.45) is 0 Å². The maximum absolute atomic E-state index is 3.16. The normalized spacial score (nSPS) is 4.12. The molecule has 0 aliphatic rings. The second-order valence-electron chi connectivity index (χ2n) is 0.278. The maximum atomic E-state index is 3.16. The van der Waals surface area contributed by atoms with Crippen molar-refractivity contribution in [2.75, 3.05) is 5.33 Å². The van der Waals surface area contributed by atoms with Gasteiger partial charge < -0.3 is 0 Å². The van der Waals surface area contributed by atoms with Gasteiger partial charge in [-0.15, -0.1) is 0 Å². The standard InChI is InChI=1S/C2H2Br.5W/c1-2-3;;;;;/h2H2;;;;;/q-1;;;;;. The Morgan fingerprint density at radius 2 is 1.25 bits per heavy atom. The Morgan fingerprint density at radius 3 is 1.25 bits per heavy atom. The van der Waals surface area contributed by atoms with E-state index in [-0.39, 0.29) is 0 Å². The van der Waals surface area contributed by atoms with Gasteiger partial charge in [0.1, 0.15) is 0 Å². The minimum absolute atomic E-state index is 0.919. The molecule has 0 heterocycles. The molecular formula is C2H2BrW5-. The first-order valence-corrected chi connectivity index (χ1v) is 25.7. The van der Waals surface area contributed by atoms with E-state index in [2.05, 4.69) is 20.3 Å². The average molecular weight is 1030 g/mol. The van der Waals surface area contributed by atoms with Crippen molar-refractivity contribution in [3.05, 3.63) is 0 Å². The fraction of sp³-hybridized carbons (Fsp3) is 0.500. The fourth-order valence-corrected chi connectivity index (χ4v) is 0. The van der Waals surface area contributed by atoms with Crippen LogP contribution in [0.1, 0.15) is 0 Å². The van der Waals surface area contributed by atoms with Gasteiger partial charge in [0.25, 0.3) is 0 Å². The minimum atomic E-state index is 0.919. The van der Waals surface area contributed by atoms with Crippen LogP contribution >= 0.6 is 15.9 Å². The third kappa shape index (κ3) is 33.0. The molecular weight excluding hydrogens is 1020 g/mol. The first-order chi connectivity index (χ1) is 3.91. The Kier molecular flexibility index (Phi) is 68.5. The summed E-state index contributed by atoms with van der Waals surface area (Å²) in [6.45, 7) is 0. The van der Waals surface area contributed by atoms with Crippen LogP contribution in [0.15, 0.2) is 0 Å². The van der Waals surface area contributed by atoms with E-state index in [0.717, 1.165) is 5.33 Å². The van der Waals surface area contributed by atoms with Crippen molar-refractivity contribution in [2.45, 2.75) is 0 Å². The Hall–Kier alpha value is 3.79. The molecule has 0 aromatic carbocycles. The zero-order valence-corrected chi connectivity index (χ0v) is 19.9. The van der Waals surface area contributed by atoms with Gasteiger partial charge in [0.2, 0.25) is 0 Å². The number of alkyl halides is 1. The Bertz CT molecular complexity index is 37.4. The molecule has 0 N–H and O–H groups in total. The predicted molar refractivity (Wildman–Crippen MR) is 18.8 cm³/mol. The van der Waals surface area contributed by atoms with E-state index in [1.54, 1.807) is 64.9 Å². The van der Waals surface area contributed by atoms with E-state index in [4.69, 9.17) is 0 Å². The summed E-state index contributed by atoms with van der Waals surface area (Å²) in [5, 5.41) is 0.919. The van der Waals surface area contributed by atoms with Crippen LogP contribution in [0.4, 0.5) is 0 Å². The van der Waals surface area contributed by atoms with Crippen molar-refractivity contribution in [1.82, 2.24) is 0 Å². The Balaban J connectivity index is -0.0000000542. The molecule has 0 fully saturated rings. The second kappa shape index (κ2) is 30.8. The topological polar surface area (TPSA) is 0 Å². The first-order valence-electron chi connectivity index (χ1n) is 1.16. The van der Waals surface area contributed by atoms with Crippen LogP contribution in [0.5, 0.6) is 0 Å². The summed E-state index contributed by atoms with van der Waals surface area (Å²) in [7, 11) is 0. The van der Waals surface area contributed by atoms with Gasteiger partial charge in [-0.2, -0.15) is 0 Å². The summed E-state index contributed by atoms with van der Waals surface area (Å²) in [6.07, 6.45) is 0. The quantitative estimate of drug-likeness (QED) is 0.267. The van der Waals surface area contributed by atoms with Crippen molar-refractivity contribution in [1.29, 1.82) is 0 Å². The van der Waals surface area contributed by atoms with E-state index in [1.165, 1.54) is 19.4 Å². The second-order valence-corrected chi connectivity index (χ2v) is 1.88. The van der Waals surface area contributed by atoms with Gasteiger partial charge in [-0.05, 0) is 0 Å². The summed E-state index contributed by atoms with van der Waals surface area (Å²) in [4.78, 5) is 0. The molecule has 0 unspecified atom stereocenters. The van der Waals surface area contributed by atoms with Gasteiger partial charge in [-0.1, -0.05) is 0 Å². The summed E-state index contributed by atoms with van der Waals surface area (Å²) >= 11 is 11.2. The third-order valence-corrected chi connectivity index (χ3v) is 2.32. The molecule has 0 rings (SSSR count). The van der Waals surface area contributed by atoms with Crippen molar-refractivity contribution < 1.29 is 84.2 Å². The van der Waals surface area contributed by atoms with Crippen LogP contribution in [0.2, 0.25) is 0 Å². The zero-order chi connectivity index (χ0) is 7.41. The van der Waals surface area contributed by atoms with Gasteiger partial charge >= 0.3 is 110 Å². The number of halogens is 1. The molecule has 6 heteroatoms. The van der Waals surface area contributed by atoms with E-state index in [1.807, 2.05) is 0 Å². The van der Waals surface area contributed by atoms with Gasteiger partial charge in [-0.25, -0.2) is 0 Å². The number of rotatable bonds is 1. The predicted octanol–water partition coefficient (Wildman–Crippen LogP) is 0.597. The van der Waals surface area contributed by atoms with Gasteiger partial charge in [-0.3, -0.25) is 0 Å². The van der Waals surface area contributed by atoms with Crippen molar-refractivity contribution >= 4 is 20.3 Å². The van der Waals surface area contributed by atoms with E-state index >= 15 is 0 Å². The molecule has 0 nitrogen and oxygen atoms in total. The molecule has 0 spiro atoms. The molecule has 48 valence electrons. The number of hydrogen-bond acceptors (Lipinski definition) is 0. The molecule has 0 aromatic heterocycles. The van der Waals surface area contributed by atoms with Crippen molar-refractivity contribution in [3.63, 3.8) is 0 Å². The zero-order valence-electron chi connectivity index (χ0n) is 3.63. The van der Waals surface area contributed by atoms with Crippen LogP contribution in [-0.4, -0.2) is 9.73 Å². The Labute approximate surface area is 107 Å². The molecule has 0 radical (unpaired) electrons. The monoisotopic (exact) mass is 1020 g/mol. The van der Waals surface area contributed by atoms with Gasteiger partial charge in [0.15, 0.2) is 0 Å². The average Bonchev–Trinajstić information content (AvgIpc) is 1.96. The molecule has 0 saturated carbocycles. The molecule has 0 aliphatic heterocycles. The molecule has 0 atom stereocenters. The van der Waals surface area contributed by atoms with Gasteiger partial charge in [0.05, 0.1) is 0 Å². The summed E-state index contributed by atoms with van der Waals surface area (Å²) in [6, 6.07) is 0. The van der Waals surface area contributed by atoms with E-state index in [0.29, 0.717) is 0 Å². The van der Waals surface area contributed by atoms with E-state index < -0.39 is 0 Å². The van der Waals surface area contributed by atoms with Gasteiger partial charge in [0, 0.05) is 0 Å². The van der Waals surface area contributed by atoms with Crippen LogP contribution in [0.3, 0.4) is 0 Å². The van der Waals surface area contributed by atoms with Crippen LogP contribution in [0.25, 0.3) is 0 Å². The summed E-state index contributed by atoms with van der Waals surface area (Å²) in [5.74, 6) is 0. The molecule has 0 aromatic rings. The first kappa shape index (κ1) is 17.8. The molecule has 0 saturated heterocycles. The molecule has 8 heavy (non-hydrogen) atoms. The molecule has 0 bridgehead atoms. The van der Waals surface area contributed by atoms with Crippen LogP contribution < -0.4 is 0 Å². The van der Waals surface area contributed by atoms with Crippen LogP contribution in [0, 0.1) is 0 Å². The molecule has 0 amide bonds. The Morgan fingerprint density at radius 1 is 1.12 bits per heavy atom. The SMILES string of the molecule is BrC[C-]=[W].[W]=[W].[W]=[W]. The fourth-order valence-electron chi connectivity index (χ4n) is 0. The van der Waals surface area contributed by atoms with Crippen molar-refractivity contribution in [3.8, 4) is 0 Å². The summed E-state index contributed by atoms with van der Waals surface area (Å²) in [5.41, 5.74) is 0. The van der Waals surface area contributed by atoms with Crippen LogP contribution in [-0.2, 0) is 84.2 Å². The molecule has 0 aliphatic carbocycles. The third-order valence-electron chi connectivity index (χ3n) is 0.0546. The summed E-state index contributed by atoms with van der Waals surface area (Å²) < 4.78 is 2.93. The number of hydrogen-bond donors (Lipinski definition) is 0.